The monoisotopic (exact) mass is 309 g/mol. The minimum atomic E-state index is -1.17. The van der Waals surface area contributed by atoms with Crippen LogP contribution in [0.5, 0.6) is 11.5 Å². The molecule has 0 aliphatic carbocycles. The number of nitrogens with one attached hydrogen (secondary N) is 1. The predicted octanol–water partition coefficient (Wildman–Crippen LogP) is 0.641. The maximum Gasteiger partial charge on any atom is 0.413 e. The normalized spacial score (nSPS) is 17.1. The lowest BCUT2D eigenvalue weighted by molar-refractivity contribution is -0.163. The van der Waals surface area contributed by atoms with Crippen LogP contribution in [0.2, 0.25) is 0 Å². The van der Waals surface area contributed by atoms with Crippen molar-refractivity contribution in [3.8, 4) is 11.5 Å². The Balaban J connectivity index is 1.90. The van der Waals surface area contributed by atoms with Gasteiger partial charge < -0.3 is 18.9 Å². The van der Waals surface area contributed by atoms with Crippen molar-refractivity contribution in [1.82, 2.24) is 5.32 Å². The zero-order valence-corrected chi connectivity index (χ0v) is 12.0. The summed E-state index contributed by atoms with van der Waals surface area (Å²) in [5.74, 6) is -0.607. The number of carbonyl (C=O) groups excluding carboxylic acids is 3. The van der Waals surface area contributed by atoms with Gasteiger partial charge in [0, 0.05) is 0 Å². The summed E-state index contributed by atoms with van der Waals surface area (Å²) in [5, 5.41) is 1.90. The van der Waals surface area contributed by atoms with Crippen LogP contribution < -0.4 is 14.8 Å². The molecule has 1 N–H and O–H groups in total. The highest BCUT2D eigenvalue weighted by atomic mass is 16.6. The van der Waals surface area contributed by atoms with E-state index in [0.717, 1.165) is 7.11 Å². The molecule has 1 heterocycles. The van der Waals surface area contributed by atoms with Crippen LogP contribution in [0.15, 0.2) is 24.3 Å². The number of rotatable bonds is 3. The number of benzene rings is 1. The number of alkyl carbamates (subject to hydrolysis) is 1. The Kier molecular flexibility index (Phi) is 4.82. The first-order chi connectivity index (χ1) is 10.5. The number of carbonyl (C=O) groups is 3. The summed E-state index contributed by atoms with van der Waals surface area (Å²) >= 11 is 0. The van der Waals surface area contributed by atoms with Gasteiger partial charge in [-0.05, 0) is 19.1 Å². The lowest BCUT2D eigenvalue weighted by Gasteiger charge is -2.25. The largest absolute Gasteiger partial charge is 0.485 e. The Labute approximate surface area is 126 Å². The molecular formula is C14H15NO7. The number of imide groups is 1. The molecule has 1 aliphatic heterocycles. The summed E-state index contributed by atoms with van der Waals surface area (Å²) < 4.78 is 20.1. The highest BCUT2D eigenvalue weighted by Gasteiger charge is 2.31. The zero-order valence-electron chi connectivity index (χ0n) is 12.0. The summed E-state index contributed by atoms with van der Waals surface area (Å²) in [6.45, 7) is 1.30. The predicted molar refractivity (Wildman–Crippen MR) is 72.5 cm³/mol. The lowest BCUT2D eigenvalue weighted by Crippen LogP contribution is -2.44. The average Bonchev–Trinajstić information content (AvgIpc) is 2.53. The van der Waals surface area contributed by atoms with Crippen molar-refractivity contribution >= 4 is 18.0 Å². The molecule has 0 saturated heterocycles. The van der Waals surface area contributed by atoms with Gasteiger partial charge >= 0.3 is 12.1 Å². The molecule has 118 valence electrons. The van der Waals surface area contributed by atoms with E-state index >= 15 is 0 Å². The van der Waals surface area contributed by atoms with Gasteiger partial charge in [0.1, 0.15) is 6.61 Å². The molecule has 1 aromatic carbocycles. The van der Waals surface area contributed by atoms with Crippen molar-refractivity contribution < 1.29 is 33.3 Å². The van der Waals surface area contributed by atoms with Gasteiger partial charge in [0.2, 0.25) is 6.10 Å². The number of para-hydroxylation sites is 2. The summed E-state index contributed by atoms with van der Waals surface area (Å²) in [6.07, 6.45) is -3.09. The molecule has 0 bridgehead atoms. The van der Waals surface area contributed by atoms with Crippen LogP contribution in [0.1, 0.15) is 6.92 Å². The van der Waals surface area contributed by atoms with Crippen molar-refractivity contribution in [2.75, 3.05) is 13.7 Å². The van der Waals surface area contributed by atoms with Gasteiger partial charge in [-0.3, -0.25) is 10.1 Å². The number of methoxy groups -OCH3 is 1. The fourth-order valence-corrected chi connectivity index (χ4v) is 1.69. The number of hydrogen-bond donors (Lipinski definition) is 1. The Morgan fingerprint density at radius 1 is 1.27 bits per heavy atom. The number of esters is 1. The van der Waals surface area contributed by atoms with E-state index in [-0.39, 0.29) is 6.61 Å². The quantitative estimate of drug-likeness (QED) is 0.818. The molecule has 0 unspecified atom stereocenters. The maximum absolute atomic E-state index is 12.0. The second kappa shape index (κ2) is 6.79. The highest BCUT2D eigenvalue weighted by molar-refractivity contribution is 5.95. The molecular weight excluding hydrogens is 294 g/mol. The highest BCUT2D eigenvalue weighted by Crippen LogP contribution is 2.31. The molecule has 0 radical (unpaired) electrons. The first-order valence-electron chi connectivity index (χ1n) is 6.49. The number of fused-ring (bicyclic) bond motifs is 1. The molecule has 2 atom stereocenters. The van der Waals surface area contributed by atoms with Gasteiger partial charge in [-0.25, -0.2) is 9.59 Å². The first-order valence-corrected chi connectivity index (χ1v) is 6.49. The van der Waals surface area contributed by atoms with E-state index in [1.54, 1.807) is 24.3 Å². The van der Waals surface area contributed by atoms with Gasteiger partial charge in [-0.2, -0.15) is 0 Å². The van der Waals surface area contributed by atoms with E-state index in [1.807, 2.05) is 5.32 Å². The van der Waals surface area contributed by atoms with Gasteiger partial charge in [-0.1, -0.05) is 12.1 Å². The average molecular weight is 309 g/mol. The fraction of sp³-hybridized carbons (Fsp3) is 0.357. The Hall–Kier alpha value is -2.77. The van der Waals surface area contributed by atoms with Crippen molar-refractivity contribution in [2.24, 2.45) is 0 Å². The van der Waals surface area contributed by atoms with Crippen LogP contribution in [0, 0.1) is 0 Å². The van der Waals surface area contributed by atoms with Gasteiger partial charge in [-0.15, -0.1) is 0 Å². The van der Waals surface area contributed by atoms with Crippen molar-refractivity contribution in [2.45, 2.75) is 19.1 Å². The minimum Gasteiger partial charge on any atom is -0.485 e. The van der Waals surface area contributed by atoms with Gasteiger partial charge in [0.05, 0.1) is 7.11 Å². The molecule has 2 amide bonds. The van der Waals surface area contributed by atoms with Crippen LogP contribution >= 0.6 is 0 Å². The van der Waals surface area contributed by atoms with E-state index in [2.05, 4.69) is 4.74 Å². The third-order valence-electron chi connectivity index (χ3n) is 2.84. The molecule has 0 fully saturated rings. The molecule has 22 heavy (non-hydrogen) atoms. The maximum atomic E-state index is 12.0. The molecule has 0 spiro atoms. The van der Waals surface area contributed by atoms with Crippen LogP contribution in [-0.2, 0) is 19.1 Å². The smallest absolute Gasteiger partial charge is 0.413 e. The van der Waals surface area contributed by atoms with Gasteiger partial charge in [0.15, 0.2) is 17.6 Å². The minimum absolute atomic E-state index is 0.0266. The molecule has 0 saturated carbocycles. The molecule has 0 aromatic heterocycles. The van der Waals surface area contributed by atoms with E-state index < -0.39 is 30.2 Å². The van der Waals surface area contributed by atoms with E-state index in [1.165, 1.54) is 6.92 Å². The van der Waals surface area contributed by atoms with Crippen molar-refractivity contribution in [3.05, 3.63) is 24.3 Å². The number of ether oxygens (including phenoxy) is 4. The second-order valence-corrected chi connectivity index (χ2v) is 4.42. The second-order valence-electron chi connectivity index (χ2n) is 4.42. The van der Waals surface area contributed by atoms with Crippen LogP contribution in [-0.4, -0.2) is 43.9 Å². The number of amides is 2. The summed E-state index contributed by atoms with van der Waals surface area (Å²) in [7, 11) is 1.12. The first kappa shape index (κ1) is 15.6. The van der Waals surface area contributed by atoms with Crippen molar-refractivity contribution in [3.63, 3.8) is 0 Å². The molecule has 1 aromatic rings. The zero-order chi connectivity index (χ0) is 16.1. The third-order valence-corrected chi connectivity index (χ3v) is 2.84. The van der Waals surface area contributed by atoms with Crippen LogP contribution in [0.3, 0.4) is 0 Å². The van der Waals surface area contributed by atoms with Gasteiger partial charge in [0.25, 0.3) is 5.91 Å². The fourth-order valence-electron chi connectivity index (χ4n) is 1.69. The van der Waals surface area contributed by atoms with Crippen LogP contribution in [0.4, 0.5) is 4.79 Å². The topological polar surface area (TPSA) is 100 Å². The lowest BCUT2D eigenvalue weighted by atomic mass is 10.2. The summed E-state index contributed by atoms with van der Waals surface area (Å²) in [5.41, 5.74) is 0. The number of hydrogen-bond acceptors (Lipinski definition) is 7. The third kappa shape index (κ3) is 3.66. The SMILES string of the molecule is COC(=O)NC(=O)[C@@H](C)OC(=O)[C@@H]1COc2ccccc2O1. The van der Waals surface area contributed by atoms with E-state index in [9.17, 15) is 14.4 Å². The van der Waals surface area contributed by atoms with Crippen LogP contribution in [0.25, 0.3) is 0 Å². The molecule has 2 rings (SSSR count). The Bertz CT molecular complexity index is 586. The van der Waals surface area contributed by atoms with E-state index in [4.69, 9.17) is 14.2 Å². The molecule has 8 nitrogen and oxygen atoms in total. The molecule has 1 aliphatic rings. The van der Waals surface area contributed by atoms with E-state index in [0.29, 0.717) is 11.5 Å². The Morgan fingerprint density at radius 2 is 1.95 bits per heavy atom. The summed E-state index contributed by atoms with van der Waals surface area (Å²) in [6, 6.07) is 6.88. The molecule has 8 heteroatoms. The van der Waals surface area contributed by atoms with Crippen molar-refractivity contribution in [1.29, 1.82) is 0 Å². The summed E-state index contributed by atoms with van der Waals surface area (Å²) in [4.78, 5) is 34.4. The standard InChI is InChI=1S/C14H15NO7/c1-8(12(16)15-14(18)19-2)21-13(17)11-7-20-9-5-3-4-6-10(9)22-11/h3-6,8,11H,7H2,1-2H3,(H,15,16,18)/t8-,11+/m1/s1. The Morgan fingerprint density at radius 3 is 2.64 bits per heavy atom.